The Kier molecular flexibility index (Phi) is 3.83. The van der Waals surface area contributed by atoms with Gasteiger partial charge < -0.3 is 13.9 Å². The second-order valence-electron chi connectivity index (χ2n) is 7.34. The average molecular weight is 371 g/mol. The van der Waals surface area contributed by atoms with Crippen LogP contribution in [-0.2, 0) is 6.54 Å². The molecule has 0 radical (unpaired) electrons. The number of carbonyl (C=O) groups excluding carboxylic acids is 1. The summed E-state index contributed by atoms with van der Waals surface area (Å²) in [5.74, 6) is 0.330. The molecule has 1 amide bonds. The Bertz CT molecular complexity index is 1170. The van der Waals surface area contributed by atoms with Crippen molar-refractivity contribution in [3.8, 4) is 0 Å². The molecule has 4 heterocycles. The third-order valence-corrected chi connectivity index (χ3v) is 5.56. The lowest BCUT2D eigenvalue weighted by Gasteiger charge is -2.36. The molecule has 0 spiro atoms. The lowest BCUT2D eigenvalue weighted by atomic mass is 10.0. The molecule has 0 saturated carbocycles. The van der Waals surface area contributed by atoms with Crippen LogP contribution in [0, 0.1) is 13.8 Å². The quantitative estimate of drug-likeness (QED) is 0.522. The number of amides is 1. The van der Waals surface area contributed by atoms with Gasteiger partial charge >= 0.3 is 0 Å². The fraction of sp³-hybridized carbons (Fsp3) is 0.217. The van der Waals surface area contributed by atoms with E-state index in [4.69, 9.17) is 4.42 Å². The number of nitrogens with zero attached hydrogens (tertiary/aromatic N) is 3. The minimum Gasteiger partial charge on any atom is -0.451 e. The Balaban J connectivity index is 1.61. The lowest BCUT2D eigenvalue weighted by molar-refractivity contribution is 0.0629. The molecule has 5 nitrogen and oxygen atoms in total. The number of carbonyl (C=O) groups is 1. The van der Waals surface area contributed by atoms with E-state index in [1.807, 2.05) is 61.2 Å². The largest absolute Gasteiger partial charge is 0.451 e. The number of aryl methyl sites for hydroxylation is 2. The zero-order valence-corrected chi connectivity index (χ0v) is 15.9. The number of hydrogen-bond acceptors (Lipinski definition) is 3. The third kappa shape index (κ3) is 2.54. The summed E-state index contributed by atoms with van der Waals surface area (Å²) in [7, 11) is 0. The van der Waals surface area contributed by atoms with E-state index >= 15 is 0 Å². The van der Waals surface area contributed by atoms with Gasteiger partial charge in [0, 0.05) is 42.1 Å². The van der Waals surface area contributed by atoms with E-state index in [2.05, 4.69) is 21.8 Å². The molecule has 140 valence electrons. The molecule has 0 saturated heterocycles. The zero-order chi connectivity index (χ0) is 19.3. The van der Waals surface area contributed by atoms with Crippen molar-refractivity contribution in [1.82, 2.24) is 14.5 Å². The highest BCUT2D eigenvalue weighted by atomic mass is 16.3. The maximum Gasteiger partial charge on any atom is 0.290 e. The van der Waals surface area contributed by atoms with Crippen molar-refractivity contribution < 1.29 is 9.21 Å². The molecule has 1 atom stereocenters. The zero-order valence-electron chi connectivity index (χ0n) is 15.9. The van der Waals surface area contributed by atoms with Crippen LogP contribution in [0.15, 0.2) is 65.3 Å². The van der Waals surface area contributed by atoms with Crippen LogP contribution in [0.3, 0.4) is 0 Å². The second kappa shape index (κ2) is 6.37. The fourth-order valence-corrected chi connectivity index (χ4v) is 4.12. The van der Waals surface area contributed by atoms with Crippen molar-refractivity contribution in [1.29, 1.82) is 0 Å². The number of rotatable bonds is 2. The van der Waals surface area contributed by atoms with E-state index in [-0.39, 0.29) is 11.9 Å². The molecule has 5 rings (SSSR count). The van der Waals surface area contributed by atoms with Crippen LogP contribution in [-0.4, -0.2) is 26.9 Å². The fourth-order valence-electron chi connectivity index (χ4n) is 4.12. The number of furan rings is 1. The van der Waals surface area contributed by atoms with Gasteiger partial charge in [-0.05, 0) is 49.7 Å². The van der Waals surface area contributed by atoms with Gasteiger partial charge in [-0.2, -0.15) is 0 Å². The highest BCUT2D eigenvalue weighted by molar-refractivity contribution is 5.99. The van der Waals surface area contributed by atoms with Gasteiger partial charge in [0.15, 0.2) is 5.76 Å². The van der Waals surface area contributed by atoms with Gasteiger partial charge in [-0.3, -0.25) is 9.78 Å². The molecule has 5 heteroatoms. The van der Waals surface area contributed by atoms with Crippen molar-refractivity contribution in [2.45, 2.75) is 26.4 Å². The van der Waals surface area contributed by atoms with E-state index in [1.54, 1.807) is 6.20 Å². The van der Waals surface area contributed by atoms with Crippen LogP contribution in [0.5, 0.6) is 0 Å². The standard InChI is InChI=1S/C23H21N3O2/c1-15-8-9-17-16(2)22(28-20(17)14-15)23(27)26-13-12-25-11-5-7-19(25)21(26)18-6-3-4-10-24-18/h3-11,14,21H,12-13H2,1-2H3/t21-/m1/s1. The van der Waals surface area contributed by atoms with Gasteiger partial charge in [0.25, 0.3) is 5.91 Å². The van der Waals surface area contributed by atoms with Crippen molar-refractivity contribution >= 4 is 16.9 Å². The SMILES string of the molecule is Cc1ccc2c(C)c(C(=O)N3CCn4cccc4[C@H]3c3ccccn3)oc2c1. The number of hydrogen-bond donors (Lipinski definition) is 0. The summed E-state index contributed by atoms with van der Waals surface area (Å²) < 4.78 is 8.22. The van der Waals surface area contributed by atoms with Crippen LogP contribution >= 0.6 is 0 Å². The van der Waals surface area contributed by atoms with Crippen LogP contribution in [0.25, 0.3) is 11.0 Å². The minimum absolute atomic E-state index is 0.0885. The van der Waals surface area contributed by atoms with Crippen LogP contribution < -0.4 is 0 Å². The Morgan fingerprint density at radius 2 is 2.00 bits per heavy atom. The van der Waals surface area contributed by atoms with Gasteiger partial charge in [-0.25, -0.2) is 0 Å². The lowest BCUT2D eigenvalue weighted by Crippen LogP contribution is -2.42. The van der Waals surface area contributed by atoms with Gasteiger partial charge in [0.1, 0.15) is 11.6 Å². The topological polar surface area (TPSA) is 51.3 Å². The molecular formula is C23H21N3O2. The van der Waals surface area contributed by atoms with E-state index < -0.39 is 0 Å². The molecule has 0 bridgehead atoms. The molecule has 0 unspecified atom stereocenters. The van der Waals surface area contributed by atoms with Crippen molar-refractivity contribution in [3.05, 3.63) is 89.2 Å². The highest BCUT2D eigenvalue weighted by Gasteiger charge is 2.35. The maximum atomic E-state index is 13.6. The number of fused-ring (bicyclic) bond motifs is 2. The predicted molar refractivity (Wildman–Crippen MR) is 107 cm³/mol. The van der Waals surface area contributed by atoms with E-state index in [0.717, 1.165) is 40.0 Å². The second-order valence-corrected chi connectivity index (χ2v) is 7.34. The van der Waals surface area contributed by atoms with Crippen molar-refractivity contribution in [2.75, 3.05) is 6.54 Å². The van der Waals surface area contributed by atoms with Gasteiger partial charge in [0.2, 0.25) is 0 Å². The summed E-state index contributed by atoms with van der Waals surface area (Å²) in [6.07, 6.45) is 3.83. The minimum atomic E-state index is -0.230. The highest BCUT2D eigenvalue weighted by Crippen LogP contribution is 2.34. The molecule has 4 aromatic rings. The summed E-state index contributed by atoms with van der Waals surface area (Å²) in [6.45, 7) is 5.35. The smallest absolute Gasteiger partial charge is 0.290 e. The third-order valence-electron chi connectivity index (χ3n) is 5.56. The maximum absolute atomic E-state index is 13.6. The molecular weight excluding hydrogens is 350 g/mol. The normalized spacial score (nSPS) is 16.4. The van der Waals surface area contributed by atoms with Crippen LogP contribution in [0.2, 0.25) is 0 Å². The molecule has 0 N–H and O–H groups in total. The Morgan fingerprint density at radius 3 is 2.82 bits per heavy atom. The summed E-state index contributed by atoms with van der Waals surface area (Å²) in [5, 5.41) is 0.990. The van der Waals surface area contributed by atoms with Gasteiger partial charge in [-0.1, -0.05) is 18.2 Å². The molecule has 0 aliphatic carbocycles. The first-order valence-electron chi connectivity index (χ1n) is 9.50. The van der Waals surface area contributed by atoms with Gasteiger partial charge in [-0.15, -0.1) is 0 Å². The summed E-state index contributed by atoms with van der Waals surface area (Å²) in [6, 6.07) is 15.7. The van der Waals surface area contributed by atoms with E-state index in [9.17, 15) is 4.79 Å². The van der Waals surface area contributed by atoms with Crippen LogP contribution in [0.4, 0.5) is 0 Å². The predicted octanol–water partition coefficient (Wildman–Crippen LogP) is 4.49. The van der Waals surface area contributed by atoms with E-state index in [1.165, 1.54) is 0 Å². The number of pyridine rings is 1. The molecule has 28 heavy (non-hydrogen) atoms. The van der Waals surface area contributed by atoms with Crippen molar-refractivity contribution in [3.63, 3.8) is 0 Å². The Morgan fingerprint density at radius 1 is 1.11 bits per heavy atom. The summed E-state index contributed by atoms with van der Waals surface area (Å²) >= 11 is 0. The number of aromatic nitrogens is 2. The van der Waals surface area contributed by atoms with E-state index in [0.29, 0.717) is 12.3 Å². The Labute approximate surface area is 163 Å². The molecule has 1 aromatic carbocycles. The molecule has 3 aromatic heterocycles. The van der Waals surface area contributed by atoms with Gasteiger partial charge in [0.05, 0.1) is 5.69 Å². The van der Waals surface area contributed by atoms with Crippen LogP contribution in [0.1, 0.15) is 39.1 Å². The summed E-state index contributed by atoms with van der Waals surface area (Å²) in [4.78, 5) is 20.0. The Hall–Kier alpha value is -3.34. The molecule has 0 fully saturated rings. The van der Waals surface area contributed by atoms with Crippen molar-refractivity contribution in [2.24, 2.45) is 0 Å². The average Bonchev–Trinajstić information content (AvgIpc) is 3.31. The summed E-state index contributed by atoms with van der Waals surface area (Å²) in [5.41, 5.74) is 4.70. The first kappa shape index (κ1) is 16.8. The first-order chi connectivity index (χ1) is 13.6. The first-order valence-corrected chi connectivity index (χ1v) is 9.50. The molecule has 1 aliphatic heterocycles. The monoisotopic (exact) mass is 371 g/mol. The molecule has 1 aliphatic rings. The number of benzene rings is 1.